The molecule has 2 N–H and O–H groups in total. The first-order valence-corrected chi connectivity index (χ1v) is 8.65. The molecule has 0 fully saturated rings. The molecule has 0 aliphatic rings. The summed E-state index contributed by atoms with van der Waals surface area (Å²) >= 11 is 5.03. The van der Waals surface area contributed by atoms with Gasteiger partial charge in [-0.15, -0.1) is 0 Å². The van der Waals surface area contributed by atoms with E-state index in [1.807, 2.05) is 19.9 Å². The van der Waals surface area contributed by atoms with Gasteiger partial charge < -0.3 is 14.8 Å². The van der Waals surface area contributed by atoms with Gasteiger partial charge in [-0.3, -0.25) is 5.43 Å². The van der Waals surface area contributed by atoms with Gasteiger partial charge in [0.1, 0.15) is 0 Å². The van der Waals surface area contributed by atoms with E-state index in [0.717, 1.165) is 12.1 Å². The van der Waals surface area contributed by atoms with Crippen molar-refractivity contribution in [1.29, 1.82) is 0 Å². The molecule has 0 heterocycles. The predicted octanol–water partition coefficient (Wildman–Crippen LogP) is 3.12. The Bertz CT molecular complexity index is 779. The summed E-state index contributed by atoms with van der Waals surface area (Å²) in [6.45, 7) is 4.97. The van der Waals surface area contributed by atoms with Crippen LogP contribution in [0.1, 0.15) is 29.8 Å². The number of carbonyl (C=O) groups excluding carboxylic acids is 1. The van der Waals surface area contributed by atoms with Crippen LogP contribution in [-0.4, -0.2) is 30.4 Å². The summed E-state index contributed by atoms with van der Waals surface area (Å²) in [5, 5.41) is 7.44. The lowest BCUT2D eigenvalue weighted by molar-refractivity contribution is 0.0728. The highest BCUT2D eigenvalue weighted by atomic mass is 32.1. The van der Waals surface area contributed by atoms with E-state index < -0.39 is 5.97 Å². The van der Waals surface area contributed by atoms with Crippen LogP contribution in [0.25, 0.3) is 0 Å². The van der Waals surface area contributed by atoms with Gasteiger partial charge in [-0.25, -0.2) is 4.79 Å². The quantitative estimate of drug-likeness (QED) is 0.256. The lowest BCUT2D eigenvalue weighted by Gasteiger charge is -2.11. The first-order valence-electron chi connectivity index (χ1n) is 8.25. The molecule has 2 aromatic rings. The van der Waals surface area contributed by atoms with Crippen LogP contribution in [0.15, 0.2) is 53.6 Å². The number of carbonyl (C=O) groups is 1. The van der Waals surface area contributed by atoms with Gasteiger partial charge in [-0.1, -0.05) is 18.2 Å². The minimum atomic E-state index is -0.439. The fourth-order valence-corrected chi connectivity index (χ4v) is 2.25. The number of hydrogen-bond acceptors (Lipinski definition) is 5. The minimum Gasteiger partial charge on any atom is -0.490 e. The van der Waals surface area contributed by atoms with Gasteiger partial charge in [0, 0.05) is 6.54 Å². The van der Waals surface area contributed by atoms with E-state index in [1.165, 1.54) is 0 Å². The van der Waals surface area contributed by atoms with Crippen LogP contribution in [0.5, 0.6) is 11.5 Å². The molecule has 0 unspecified atom stereocenters. The number of hydrazone groups is 1. The molecule has 0 amide bonds. The lowest BCUT2D eigenvalue weighted by Crippen LogP contribution is -2.31. The van der Waals surface area contributed by atoms with Crippen LogP contribution < -0.4 is 20.2 Å². The van der Waals surface area contributed by atoms with E-state index in [9.17, 15) is 4.79 Å². The smallest absolute Gasteiger partial charge is 0.343 e. The SMILES string of the molecule is CCNC(=S)N/N=C\c1ccc(OC(=O)c2ccccc2)c(OCC)c1. The zero-order valence-electron chi connectivity index (χ0n) is 14.7. The summed E-state index contributed by atoms with van der Waals surface area (Å²) < 4.78 is 11.0. The van der Waals surface area contributed by atoms with Gasteiger partial charge in [-0.2, -0.15) is 5.10 Å². The monoisotopic (exact) mass is 371 g/mol. The number of thiocarbonyl (C=S) groups is 1. The molecule has 0 aliphatic heterocycles. The van der Waals surface area contributed by atoms with Crippen molar-refractivity contribution in [2.45, 2.75) is 13.8 Å². The van der Waals surface area contributed by atoms with Crippen LogP contribution in [0.3, 0.4) is 0 Å². The van der Waals surface area contributed by atoms with E-state index in [0.29, 0.717) is 28.8 Å². The average Bonchev–Trinajstić information content (AvgIpc) is 2.65. The van der Waals surface area contributed by atoms with E-state index in [4.69, 9.17) is 21.7 Å². The first kappa shape index (κ1) is 19.4. The topological polar surface area (TPSA) is 72.0 Å². The summed E-state index contributed by atoms with van der Waals surface area (Å²) in [4.78, 5) is 12.2. The summed E-state index contributed by atoms with van der Waals surface area (Å²) in [7, 11) is 0. The van der Waals surface area contributed by atoms with Crippen LogP contribution >= 0.6 is 12.2 Å². The molecule has 136 valence electrons. The molecule has 7 heteroatoms. The van der Waals surface area contributed by atoms with Crippen LogP contribution in [0.4, 0.5) is 0 Å². The molecule has 0 spiro atoms. The molecule has 6 nitrogen and oxygen atoms in total. The Labute approximate surface area is 158 Å². The van der Waals surface area contributed by atoms with Crippen molar-refractivity contribution in [3.8, 4) is 11.5 Å². The Hall–Kier alpha value is -2.93. The lowest BCUT2D eigenvalue weighted by atomic mass is 10.2. The van der Waals surface area contributed by atoms with E-state index in [2.05, 4.69) is 15.8 Å². The average molecular weight is 371 g/mol. The summed E-state index contributed by atoms with van der Waals surface area (Å²) in [5.74, 6) is 0.384. The Kier molecular flexibility index (Phi) is 7.57. The van der Waals surface area contributed by atoms with Gasteiger partial charge in [0.15, 0.2) is 16.6 Å². The molecule has 0 aliphatic carbocycles. The maximum Gasteiger partial charge on any atom is 0.343 e. The fourth-order valence-electron chi connectivity index (χ4n) is 2.06. The zero-order chi connectivity index (χ0) is 18.8. The molecule has 0 bridgehead atoms. The normalized spacial score (nSPS) is 10.4. The van der Waals surface area contributed by atoms with Crippen LogP contribution in [-0.2, 0) is 0 Å². The van der Waals surface area contributed by atoms with E-state index >= 15 is 0 Å². The summed E-state index contributed by atoms with van der Waals surface area (Å²) in [6, 6.07) is 14.0. The molecular weight excluding hydrogens is 350 g/mol. The number of esters is 1. The Morgan fingerprint density at radius 2 is 1.92 bits per heavy atom. The molecule has 2 aromatic carbocycles. The molecule has 26 heavy (non-hydrogen) atoms. The zero-order valence-corrected chi connectivity index (χ0v) is 15.5. The second kappa shape index (κ2) is 10.1. The Morgan fingerprint density at radius 1 is 1.15 bits per heavy atom. The van der Waals surface area contributed by atoms with Gasteiger partial charge in [0.05, 0.1) is 18.4 Å². The van der Waals surface area contributed by atoms with Crippen LogP contribution in [0, 0.1) is 0 Å². The molecule has 0 aromatic heterocycles. The highest BCUT2D eigenvalue weighted by Gasteiger charge is 2.12. The molecule has 2 rings (SSSR count). The summed E-state index contributed by atoms with van der Waals surface area (Å²) in [6.07, 6.45) is 1.61. The molecule has 0 atom stereocenters. The van der Waals surface area contributed by atoms with Crippen molar-refractivity contribution in [1.82, 2.24) is 10.7 Å². The predicted molar refractivity (Wildman–Crippen MR) is 106 cm³/mol. The number of benzene rings is 2. The van der Waals surface area contributed by atoms with E-state index in [-0.39, 0.29) is 0 Å². The maximum atomic E-state index is 12.2. The highest BCUT2D eigenvalue weighted by molar-refractivity contribution is 7.80. The fraction of sp³-hybridized carbons (Fsp3) is 0.211. The second-order valence-corrected chi connectivity index (χ2v) is 5.53. The van der Waals surface area contributed by atoms with Gasteiger partial charge in [0.25, 0.3) is 0 Å². The van der Waals surface area contributed by atoms with Crippen molar-refractivity contribution in [3.63, 3.8) is 0 Å². The Balaban J connectivity index is 2.11. The minimum absolute atomic E-state index is 0.356. The number of ether oxygens (including phenoxy) is 2. The second-order valence-electron chi connectivity index (χ2n) is 5.12. The largest absolute Gasteiger partial charge is 0.490 e. The molecule has 0 radical (unpaired) electrons. The van der Waals surface area contributed by atoms with Gasteiger partial charge >= 0.3 is 5.97 Å². The van der Waals surface area contributed by atoms with E-state index in [1.54, 1.807) is 48.7 Å². The third kappa shape index (κ3) is 5.86. The Morgan fingerprint density at radius 3 is 2.62 bits per heavy atom. The van der Waals surface area contributed by atoms with Crippen molar-refractivity contribution in [2.24, 2.45) is 5.10 Å². The molecule has 0 saturated heterocycles. The standard InChI is InChI=1S/C19H21N3O3S/c1-3-20-19(26)22-21-13-14-10-11-16(17(12-14)24-4-2)25-18(23)15-8-6-5-7-9-15/h5-13H,3-4H2,1-2H3,(H2,20,22,26)/b21-13-. The molecular formula is C19H21N3O3S. The number of hydrogen-bond donors (Lipinski definition) is 2. The first-order chi connectivity index (χ1) is 12.6. The van der Waals surface area contributed by atoms with Gasteiger partial charge in [0.2, 0.25) is 0 Å². The maximum absolute atomic E-state index is 12.2. The van der Waals surface area contributed by atoms with Crippen molar-refractivity contribution in [2.75, 3.05) is 13.2 Å². The third-order valence-electron chi connectivity index (χ3n) is 3.20. The molecule has 0 saturated carbocycles. The number of rotatable bonds is 7. The van der Waals surface area contributed by atoms with Crippen molar-refractivity contribution < 1.29 is 14.3 Å². The highest BCUT2D eigenvalue weighted by Crippen LogP contribution is 2.28. The van der Waals surface area contributed by atoms with Gasteiger partial charge in [-0.05, 0) is 62.0 Å². The van der Waals surface area contributed by atoms with Crippen molar-refractivity contribution >= 4 is 29.5 Å². The summed E-state index contributed by atoms with van der Waals surface area (Å²) in [5.41, 5.74) is 3.97. The van der Waals surface area contributed by atoms with Crippen molar-refractivity contribution in [3.05, 3.63) is 59.7 Å². The van der Waals surface area contributed by atoms with Crippen LogP contribution in [0.2, 0.25) is 0 Å². The number of nitrogens with one attached hydrogen (secondary N) is 2. The third-order valence-corrected chi connectivity index (χ3v) is 3.43. The number of nitrogens with zero attached hydrogens (tertiary/aromatic N) is 1.